The molecule has 1 unspecified atom stereocenters. The summed E-state index contributed by atoms with van der Waals surface area (Å²) in [7, 11) is -3.72. The first-order chi connectivity index (χ1) is 7.97. The first-order valence-corrected chi connectivity index (χ1v) is 7.19. The van der Waals surface area contributed by atoms with Crippen molar-refractivity contribution in [2.24, 2.45) is 5.14 Å². The maximum Gasteiger partial charge on any atom is 0.257 e. The average molecular weight is 259 g/mol. The van der Waals surface area contributed by atoms with Gasteiger partial charge in [-0.15, -0.1) is 0 Å². The van der Waals surface area contributed by atoms with Gasteiger partial charge < -0.3 is 9.30 Å². The molecule has 2 N–H and O–H groups in total. The molecular formula is C10H17N3O3S. The fourth-order valence-corrected chi connectivity index (χ4v) is 2.51. The lowest BCUT2D eigenvalue weighted by atomic mass is 10.1. The molecule has 0 amide bonds. The van der Waals surface area contributed by atoms with Gasteiger partial charge in [-0.25, -0.2) is 18.5 Å². The number of ether oxygens (including phenoxy) is 1. The Balaban J connectivity index is 2.13. The van der Waals surface area contributed by atoms with Crippen molar-refractivity contribution in [2.45, 2.75) is 43.9 Å². The van der Waals surface area contributed by atoms with E-state index in [2.05, 4.69) is 4.98 Å². The number of aromatic nitrogens is 2. The third-order valence-electron chi connectivity index (χ3n) is 2.92. The average Bonchev–Trinajstić information content (AvgIpc) is 2.62. The smallest absolute Gasteiger partial charge is 0.257 e. The van der Waals surface area contributed by atoms with Gasteiger partial charge in [0.05, 0.1) is 12.6 Å². The van der Waals surface area contributed by atoms with Gasteiger partial charge in [-0.05, 0) is 26.2 Å². The Hall–Kier alpha value is -0.920. The number of primary sulfonamides is 1. The second-order valence-electron chi connectivity index (χ2n) is 4.31. The Morgan fingerprint density at radius 1 is 1.59 bits per heavy atom. The van der Waals surface area contributed by atoms with E-state index in [0.29, 0.717) is 12.4 Å². The molecule has 1 atom stereocenters. The monoisotopic (exact) mass is 259 g/mol. The number of hydrogen-bond acceptors (Lipinski definition) is 4. The highest BCUT2D eigenvalue weighted by atomic mass is 32.2. The molecule has 1 aromatic rings. The van der Waals surface area contributed by atoms with Crippen molar-refractivity contribution in [3.05, 3.63) is 12.0 Å². The van der Waals surface area contributed by atoms with Crippen molar-refractivity contribution in [3.8, 4) is 0 Å². The largest absolute Gasteiger partial charge is 0.376 e. The van der Waals surface area contributed by atoms with Gasteiger partial charge in [-0.1, -0.05) is 0 Å². The number of aryl methyl sites for hydroxylation is 1. The summed E-state index contributed by atoms with van der Waals surface area (Å²) in [4.78, 5) is 3.94. The topological polar surface area (TPSA) is 87.2 Å². The maximum atomic E-state index is 11.2. The van der Waals surface area contributed by atoms with Gasteiger partial charge in [0.1, 0.15) is 5.82 Å². The number of nitrogens with two attached hydrogens (primary N) is 1. The molecular weight excluding hydrogens is 242 g/mol. The van der Waals surface area contributed by atoms with E-state index < -0.39 is 10.0 Å². The van der Waals surface area contributed by atoms with Crippen molar-refractivity contribution in [2.75, 3.05) is 6.61 Å². The molecule has 1 aromatic heterocycles. The minimum Gasteiger partial charge on any atom is -0.376 e. The standard InChI is InChI=1S/C10H17N3O3S/c1-8-12-10(17(11,14)15)7-13(8)6-9-4-2-3-5-16-9/h7,9H,2-6H2,1H3,(H2,11,14,15). The number of sulfonamides is 1. The number of hydrogen-bond donors (Lipinski definition) is 1. The van der Waals surface area contributed by atoms with Crippen molar-refractivity contribution < 1.29 is 13.2 Å². The zero-order chi connectivity index (χ0) is 12.5. The summed E-state index contributed by atoms with van der Waals surface area (Å²) in [5, 5.41) is 4.96. The van der Waals surface area contributed by atoms with E-state index in [1.165, 1.54) is 6.20 Å². The molecule has 7 heteroatoms. The summed E-state index contributed by atoms with van der Waals surface area (Å²) in [6, 6.07) is 0. The SMILES string of the molecule is Cc1nc(S(N)(=O)=O)cn1CC1CCCCO1. The van der Waals surface area contributed by atoms with E-state index in [4.69, 9.17) is 9.88 Å². The zero-order valence-electron chi connectivity index (χ0n) is 9.80. The first-order valence-electron chi connectivity index (χ1n) is 5.65. The molecule has 1 saturated heterocycles. The van der Waals surface area contributed by atoms with E-state index >= 15 is 0 Å². The quantitative estimate of drug-likeness (QED) is 0.851. The normalized spacial score (nSPS) is 21.6. The van der Waals surface area contributed by atoms with Crippen LogP contribution in [0.25, 0.3) is 0 Å². The van der Waals surface area contributed by atoms with Crippen molar-refractivity contribution >= 4 is 10.0 Å². The maximum absolute atomic E-state index is 11.2. The Bertz CT molecular complexity index is 489. The highest BCUT2D eigenvalue weighted by Gasteiger charge is 2.18. The molecule has 17 heavy (non-hydrogen) atoms. The van der Waals surface area contributed by atoms with Crippen LogP contribution in [0.3, 0.4) is 0 Å². The molecule has 0 aliphatic carbocycles. The Labute approximate surface area is 101 Å². The van der Waals surface area contributed by atoms with E-state index in [1.54, 1.807) is 11.5 Å². The summed E-state index contributed by atoms with van der Waals surface area (Å²) in [5.41, 5.74) is 0. The van der Waals surface area contributed by atoms with Gasteiger partial charge in [0, 0.05) is 12.8 Å². The van der Waals surface area contributed by atoms with Crippen LogP contribution in [0.1, 0.15) is 25.1 Å². The highest BCUT2D eigenvalue weighted by Crippen LogP contribution is 2.16. The number of nitrogens with zero attached hydrogens (tertiary/aromatic N) is 2. The predicted octanol–water partition coefficient (Wildman–Crippen LogP) is 0.408. The lowest BCUT2D eigenvalue weighted by Gasteiger charge is -2.23. The molecule has 2 rings (SSSR count). The van der Waals surface area contributed by atoms with Gasteiger partial charge in [0.25, 0.3) is 10.0 Å². The molecule has 96 valence electrons. The molecule has 0 spiro atoms. The number of imidazole rings is 1. The van der Waals surface area contributed by atoms with Crippen LogP contribution in [0.5, 0.6) is 0 Å². The minimum absolute atomic E-state index is 0.0780. The molecule has 0 radical (unpaired) electrons. The number of rotatable bonds is 3. The Morgan fingerprint density at radius 2 is 2.35 bits per heavy atom. The van der Waals surface area contributed by atoms with Crippen LogP contribution in [0, 0.1) is 6.92 Å². The zero-order valence-corrected chi connectivity index (χ0v) is 10.6. The lowest BCUT2D eigenvalue weighted by molar-refractivity contribution is 0.00563. The molecule has 1 aliphatic heterocycles. The van der Waals surface area contributed by atoms with Crippen LogP contribution >= 0.6 is 0 Å². The summed E-state index contributed by atoms with van der Waals surface area (Å²) in [6.07, 6.45) is 4.87. The van der Waals surface area contributed by atoms with Gasteiger partial charge >= 0.3 is 0 Å². The van der Waals surface area contributed by atoms with E-state index in [9.17, 15) is 8.42 Å². The Morgan fingerprint density at radius 3 is 2.88 bits per heavy atom. The summed E-state index contributed by atoms with van der Waals surface area (Å²) >= 11 is 0. The van der Waals surface area contributed by atoms with E-state index in [1.807, 2.05) is 0 Å². The molecule has 0 saturated carbocycles. The van der Waals surface area contributed by atoms with Gasteiger partial charge in [-0.2, -0.15) is 0 Å². The molecule has 0 aromatic carbocycles. The fourth-order valence-electron chi connectivity index (χ4n) is 1.97. The third kappa shape index (κ3) is 3.05. The molecule has 0 bridgehead atoms. The predicted molar refractivity (Wildman–Crippen MR) is 61.9 cm³/mol. The van der Waals surface area contributed by atoms with Crippen LogP contribution < -0.4 is 5.14 Å². The van der Waals surface area contributed by atoms with Crippen LogP contribution in [0.15, 0.2) is 11.2 Å². The minimum atomic E-state index is -3.72. The van der Waals surface area contributed by atoms with Crippen molar-refractivity contribution in [1.29, 1.82) is 0 Å². The fraction of sp³-hybridized carbons (Fsp3) is 0.700. The van der Waals surface area contributed by atoms with Crippen molar-refractivity contribution in [1.82, 2.24) is 9.55 Å². The van der Waals surface area contributed by atoms with Crippen LogP contribution in [0.2, 0.25) is 0 Å². The second kappa shape index (κ2) is 4.75. The molecule has 1 aliphatic rings. The summed E-state index contributed by atoms with van der Waals surface area (Å²) in [6.45, 7) is 3.17. The molecule has 1 fully saturated rings. The first kappa shape index (κ1) is 12.5. The van der Waals surface area contributed by atoms with Crippen LogP contribution in [-0.4, -0.2) is 30.7 Å². The summed E-state index contributed by atoms with van der Waals surface area (Å²) in [5.74, 6) is 0.642. The van der Waals surface area contributed by atoms with Crippen molar-refractivity contribution in [3.63, 3.8) is 0 Å². The van der Waals surface area contributed by atoms with Crippen LogP contribution in [0.4, 0.5) is 0 Å². The van der Waals surface area contributed by atoms with Gasteiger partial charge in [0.2, 0.25) is 0 Å². The van der Waals surface area contributed by atoms with E-state index in [-0.39, 0.29) is 11.1 Å². The molecule has 2 heterocycles. The Kier molecular flexibility index (Phi) is 3.50. The third-order valence-corrected chi connectivity index (χ3v) is 3.70. The summed E-state index contributed by atoms with van der Waals surface area (Å²) < 4.78 is 29.7. The van der Waals surface area contributed by atoms with Gasteiger partial charge in [-0.3, -0.25) is 0 Å². The van der Waals surface area contributed by atoms with E-state index in [0.717, 1.165) is 25.9 Å². The highest BCUT2D eigenvalue weighted by molar-refractivity contribution is 7.89. The second-order valence-corrected chi connectivity index (χ2v) is 5.82. The van der Waals surface area contributed by atoms with Crippen LogP contribution in [-0.2, 0) is 21.3 Å². The lowest BCUT2D eigenvalue weighted by Crippen LogP contribution is -2.24. The molecule has 6 nitrogen and oxygen atoms in total. The van der Waals surface area contributed by atoms with Gasteiger partial charge in [0.15, 0.2) is 5.03 Å².